The van der Waals surface area contributed by atoms with Gasteiger partial charge in [-0.1, -0.05) is 78.1 Å². The number of esters is 1. The van der Waals surface area contributed by atoms with Gasteiger partial charge in [0, 0.05) is 10.5 Å². The number of thioether (sulfide) groups is 1. The lowest BCUT2D eigenvalue weighted by Crippen LogP contribution is -2.40. The van der Waals surface area contributed by atoms with E-state index in [-0.39, 0.29) is 24.6 Å². The Labute approximate surface area is 267 Å². The second-order valence-corrected chi connectivity index (χ2v) is 12.1. The molecule has 0 aliphatic carbocycles. The minimum Gasteiger partial charge on any atom is -0.489 e. The summed E-state index contributed by atoms with van der Waals surface area (Å²) in [5, 5.41) is 0. The van der Waals surface area contributed by atoms with Crippen molar-refractivity contribution in [2.24, 2.45) is 4.99 Å². The lowest BCUT2D eigenvalue weighted by Gasteiger charge is -2.26. The van der Waals surface area contributed by atoms with Crippen LogP contribution in [0.15, 0.2) is 123 Å². The molecule has 1 aliphatic heterocycles. The third-order valence-corrected chi connectivity index (χ3v) is 9.01. The predicted octanol–water partition coefficient (Wildman–Crippen LogP) is 6.38. The Morgan fingerprint density at radius 2 is 1.76 bits per heavy atom. The zero-order chi connectivity index (χ0) is 31.3. The van der Waals surface area contributed by atoms with E-state index in [0.717, 1.165) is 27.1 Å². The van der Waals surface area contributed by atoms with Crippen LogP contribution in [0.5, 0.6) is 5.75 Å². The van der Waals surface area contributed by atoms with Gasteiger partial charge >= 0.3 is 5.97 Å². The van der Waals surface area contributed by atoms with Crippen molar-refractivity contribution >= 4 is 40.8 Å². The Bertz CT molecular complexity index is 2050. The fourth-order valence-electron chi connectivity index (χ4n) is 5.13. The molecule has 9 heteroatoms. The van der Waals surface area contributed by atoms with Gasteiger partial charge in [0.1, 0.15) is 18.2 Å². The van der Waals surface area contributed by atoms with Crippen molar-refractivity contribution in [3.8, 4) is 5.75 Å². The Morgan fingerprint density at radius 3 is 2.47 bits per heavy atom. The molecular formula is C36H29FN2O4S2. The largest absolute Gasteiger partial charge is 0.489 e. The van der Waals surface area contributed by atoms with Gasteiger partial charge in [0.05, 0.1) is 28.5 Å². The van der Waals surface area contributed by atoms with Gasteiger partial charge in [-0.25, -0.2) is 14.2 Å². The highest BCUT2D eigenvalue weighted by Crippen LogP contribution is 2.35. The Morgan fingerprint density at radius 1 is 1.00 bits per heavy atom. The number of nitrogens with zero attached hydrogens (tertiary/aromatic N) is 2. The molecule has 2 heterocycles. The van der Waals surface area contributed by atoms with Gasteiger partial charge < -0.3 is 9.47 Å². The van der Waals surface area contributed by atoms with Crippen molar-refractivity contribution < 1.29 is 18.7 Å². The highest BCUT2D eigenvalue weighted by molar-refractivity contribution is 7.98. The second-order valence-electron chi connectivity index (χ2n) is 10.2. The molecule has 0 N–H and O–H groups in total. The molecule has 45 heavy (non-hydrogen) atoms. The zero-order valence-electron chi connectivity index (χ0n) is 24.6. The number of thiazole rings is 1. The number of hydrogen-bond donors (Lipinski definition) is 0. The van der Waals surface area contributed by atoms with Gasteiger partial charge in [0.15, 0.2) is 4.80 Å². The molecule has 0 fully saturated rings. The van der Waals surface area contributed by atoms with Crippen LogP contribution in [0.2, 0.25) is 0 Å². The minimum absolute atomic E-state index is 0.187. The quantitative estimate of drug-likeness (QED) is 0.139. The van der Waals surface area contributed by atoms with Crippen LogP contribution in [0.3, 0.4) is 0 Å². The summed E-state index contributed by atoms with van der Waals surface area (Å²) < 4.78 is 26.8. The standard InChI is InChI=1S/C36H29FN2O4S2/c1-3-42-35(41)31-32(25-9-5-4-6-10-25)38-36-39(33(31)26-14-18-29(44-2)19-15-26)34(40)30(45-36)21-24-8-7-11-28(20-24)43-22-23-12-16-27(37)17-13-23/h4-21,33H,3,22H2,1-2H3/b30-21-/t33-/m0/s1. The van der Waals surface area contributed by atoms with Gasteiger partial charge in [-0.05, 0) is 72.3 Å². The van der Waals surface area contributed by atoms with Crippen LogP contribution in [0, 0.1) is 5.82 Å². The molecule has 5 aromatic rings. The molecule has 0 saturated heterocycles. The highest BCUT2D eigenvalue weighted by atomic mass is 32.2. The van der Waals surface area contributed by atoms with Crippen LogP contribution in [0.4, 0.5) is 4.39 Å². The number of rotatable bonds is 9. The molecule has 1 aliphatic rings. The SMILES string of the molecule is CCOC(=O)C1=C(c2ccccc2)N=c2s/c(=C\c3cccc(OCc4ccc(F)cc4)c3)c(=O)n2[C@H]1c1ccc(SC)cc1. The Kier molecular flexibility index (Phi) is 9.09. The summed E-state index contributed by atoms with van der Waals surface area (Å²) >= 11 is 2.88. The first kappa shape index (κ1) is 30.3. The van der Waals surface area contributed by atoms with Crippen molar-refractivity contribution in [1.82, 2.24) is 4.57 Å². The Balaban J connectivity index is 1.47. The van der Waals surface area contributed by atoms with Crippen molar-refractivity contribution in [1.29, 1.82) is 0 Å². The average Bonchev–Trinajstić information content (AvgIpc) is 3.38. The van der Waals surface area contributed by atoms with Gasteiger partial charge in [0.25, 0.3) is 5.56 Å². The van der Waals surface area contributed by atoms with E-state index in [0.29, 0.717) is 26.4 Å². The second kappa shape index (κ2) is 13.5. The fourth-order valence-corrected chi connectivity index (χ4v) is 6.54. The summed E-state index contributed by atoms with van der Waals surface area (Å²) in [7, 11) is 0. The topological polar surface area (TPSA) is 69.9 Å². The molecule has 1 atom stereocenters. The van der Waals surface area contributed by atoms with Crippen molar-refractivity contribution in [3.63, 3.8) is 0 Å². The molecule has 0 unspecified atom stereocenters. The third-order valence-electron chi connectivity index (χ3n) is 7.28. The highest BCUT2D eigenvalue weighted by Gasteiger charge is 2.35. The van der Waals surface area contributed by atoms with Gasteiger partial charge in [0.2, 0.25) is 0 Å². The molecule has 0 radical (unpaired) electrons. The maximum Gasteiger partial charge on any atom is 0.338 e. The predicted molar refractivity (Wildman–Crippen MR) is 176 cm³/mol. The van der Waals surface area contributed by atoms with Crippen LogP contribution < -0.4 is 19.6 Å². The minimum atomic E-state index is -0.737. The fraction of sp³-hybridized carbons (Fsp3) is 0.139. The molecule has 226 valence electrons. The number of aromatic nitrogens is 1. The van der Waals surface area contributed by atoms with E-state index in [4.69, 9.17) is 14.5 Å². The third kappa shape index (κ3) is 6.55. The number of hydrogen-bond acceptors (Lipinski definition) is 7. The zero-order valence-corrected chi connectivity index (χ0v) is 26.2. The molecule has 6 nitrogen and oxygen atoms in total. The molecule has 6 rings (SSSR count). The summed E-state index contributed by atoms with van der Waals surface area (Å²) in [5.74, 6) is -0.199. The molecular weight excluding hydrogens is 608 g/mol. The number of fused-ring (bicyclic) bond motifs is 1. The normalized spacial score (nSPS) is 14.6. The number of carbonyl (C=O) groups excluding carboxylic acids is 1. The van der Waals surface area contributed by atoms with E-state index < -0.39 is 12.0 Å². The Hall–Kier alpha value is -4.73. The van der Waals surface area contributed by atoms with Gasteiger partial charge in [-0.2, -0.15) is 0 Å². The van der Waals surface area contributed by atoms with Crippen LogP contribution >= 0.6 is 23.1 Å². The van der Waals surface area contributed by atoms with Crippen molar-refractivity contribution in [2.75, 3.05) is 12.9 Å². The van der Waals surface area contributed by atoms with Crippen molar-refractivity contribution in [2.45, 2.75) is 24.5 Å². The summed E-state index contributed by atoms with van der Waals surface area (Å²) in [5.41, 5.74) is 3.69. The van der Waals surface area contributed by atoms with Crippen LogP contribution in [0.25, 0.3) is 11.8 Å². The molecule has 4 aromatic carbocycles. The number of carbonyl (C=O) groups is 1. The number of ether oxygens (including phenoxy) is 2. The van der Waals surface area contributed by atoms with E-state index in [1.807, 2.05) is 85.1 Å². The monoisotopic (exact) mass is 636 g/mol. The number of halogens is 1. The molecule has 1 aromatic heterocycles. The van der Waals surface area contributed by atoms with Crippen LogP contribution in [-0.2, 0) is 16.1 Å². The van der Waals surface area contributed by atoms with E-state index in [2.05, 4.69) is 0 Å². The van der Waals surface area contributed by atoms with E-state index in [1.54, 1.807) is 41.5 Å². The first-order chi connectivity index (χ1) is 21.9. The summed E-state index contributed by atoms with van der Waals surface area (Å²) in [4.78, 5) is 34.2. The van der Waals surface area contributed by atoms with Crippen LogP contribution in [-0.4, -0.2) is 23.4 Å². The van der Waals surface area contributed by atoms with E-state index >= 15 is 0 Å². The lowest BCUT2D eigenvalue weighted by molar-refractivity contribution is -0.138. The number of benzene rings is 4. The summed E-state index contributed by atoms with van der Waals surface area (Å²) in [6.07, 6.45) is 3.80. The van der Waals surface area contributed by atoms with Crippen molar-refractivity contribution in [3.05, 3.63) is 156 Å². The maximum absolute atomic E-state index is 14.2. The molecule has 0 spiro atoms. The van der Waals surface area contributed by atoms with Crippen LogP contribution in [0.1, 0.15) is 35.2 Å². The molecule has 0 amide bonds. The summed E-state index contributed by atoms with van der Waals surface area (Å²) in [6, 6.07) is 30.2. The molecule has 0 bridgehead atoms. The maximum atomic E-state index is 14.2. The van der Waals surface area contributed by atoms with Gasteiger partial charge in [-0.3, -0.25) is 9.36 Å². The first-order valence-corrected chi connectivity index (χ1v) is 16.4. The first-order valence-electron chi connectivity index (χ1n) is 14.3. The smallest absolute Gasteiger partial charge is 0.338 e. The molecule has 0 saturated carbocycles. The van der Waals surface area contributed by atoms with E-state index in [9.17, 15) is 14.0 Å². The van der Waals surface area contributed by atoms with Gasteiger partial charge in [-0.15, -0.1) is 11.8 Å². The summed E-state index contributed by atoms with van der Waals surface area (Å²) in [6.45, 7) is 2.22. The average molecular weight is 637 g/mol. The lowest BCUT2D eigenvalue weighted by atomic mass is 9.93. The van der Waals surface area contributed by atoms with E-state index in [1.165, 1.54) is 23.5 Å².